The van der Waals surface area contributed by atoms with E-state index in [1.165, 1.54) is 30.3 Å². The van der Waals surface area contributed by atoms with E-state index < -0.39 is 35.3 Å². The van der Waals surface area contributed by atoms with Gasteiger partial charge in [0.05, 0.1) is 27.9 Å². The third-order valence-electron chi connectivity index (χ3n) is 10.3. The molecule has 3 fully saturated rings. The van der Waals surface area contributed by atoms with Gasteiger partial charge >= 0.3 is 0 Å². The molecule has 3 N–H and O–H groups in total. The highest BCUT2D eigenvalue weighted by Crippen LogP contribution is 2.22. The van der Waals surface area contributed by atoms with Gasteiger partial charge in [-0.2, -0.15) is 25.3 Å². The first-order valence-electron chi connectivity index (χ1n) is 20.6. The summed E-state index contributed by atoms with van der Waals surface area (Å²) < 4.78 is 114. The fourth-order valence-electron chi connectivity index (χ4n) is 6.85. The van der Waals surface area contributed by atoms with E-state index in [0.717, 1.165) is 95.6 Å². The van der Waals surface area contributed by atoms with Crippen molar-refractivity contribution >= 4 is 53.1 Å². The molecule has 0 amide bonds. The average Bonchev–Trinajstić information content (AvgIpc) is 3.22. The Morgan fingerprint density at radius 1 is 0.571 bits per heavy atom. The summed E-state index contributed by atoms with van der Waals surface area (Å²) in [6.07, 6.45) is 1.32. The molecule has 63 heavy (non-hydrogen) atoms. The van der Waals surface area contributed by atoms with Crippen LogP contribution in [0, 0.1) is 21.7 Å². The molecule has 0 aliphatic carbocycles. The number of hydrogen-bond acceptors (Lipinski definition) is 14. The van der Waals surface area contributed by atoms with Gasteiger partial charge in [0.1, 0.15) is 11.6 Å². The Labute approximate surface area is 370 Å². The number of nitrogens with zero attached hydrogens (tertiary/aromatic N) is 7. The number of para-hydroxylation sites is 1. The van der Waals surface area contributed by atoms with E-state index in [1.54, 1.807) is 37.3 Å². The van der Waals surface area contributed by atoms with Crippen LogP contribution >= 0.6 is 0 Å². The van der Waals surface area contributed by atoms with E-state index >= 15 is 0 Å². The predicted octanol–water partition coefficient (Wildman–Crippen LogP) is 4.08. The van der Waals surface area contributed by atoms with Crippen molar-refractivity contribution in [3.63, 3.8) is 0 Å². The highest BCUT2D eigenvalue weighted by Gasteiger charge is 2.20. The van der Waals surface area contributed by atoms with Gasteiger partial charge in [-0.05, 0) is 87.9 Å². The maximum Gasteiger partial charge on any atom is 0.269 e. The molecule has 3 aliphatic rings. The molecule has 3 heterocycles. The number of likely N-dealkylation sites (N-methyl/N-ethyl adjacent to an activating group) is 1. The Morgan fingerprint density at radius 3 is 1.33 bits per heavy atom. The Hall–Kier alpha value is -4.07. The number of piperazine rings is 3. The molecule has 0 atom stereocenters. The SMILES string of the molecule is CCCS(=O)(=O)O.CN1CCN(c2ccccc2F)CC1.O=S(=O)(O)CCCN1CCN(c2ccc(F)cc2)CC1.O=[N+]([O-])c1ccc(N2CCN(CCCS(=O)(=O)O)CC2)cc1. The Kier molecular flexibility index (Phi) is 22.0. The molecular weight excluding hydrogens is 889 g/mol. The van der Waals surface area contributed by atoms with Crippen molar-refractivity contribution in [2.75, 3.05) is 131 Å². The molecule has 3 saturated heterocycles. The minimum absolute atomic E-state index is 0.0765. The summed E-state index contributed by atoms with van der Waals surface area (Å²) in [4.78, 5) is 23.2. The normalized spacial score (nSPS) is 16.8. The van der Waals surface area contributed by atoms with E-state index in [-0.39, 0.29) is 34.6 Å². The van der Waals surface area contributed by atoms with Crippen LogP contribution in [-0.4, -0.2) is 174 Å². The molecule has 0 saturated carbocycles. The smallest absolute Gasteiger partial charge is 0.269 e. The fourth-order valence-corrected chi connectivity index (χ4v) is 8.35. The van der Waals surface area contributed by atoms with E-state index in [9.17, 15) is 44.1 Å². The molecule has 6 rings (SSSR count). The number of halogens is 2. The summed E-state index contributed by atoms with van der Waals surface area (Å²) >= 11 is 0. The van der Waals surface area contributed by atoms with Crippen molar-refractivity contribution in [3.8, 4) is 0 Å². The van der Waals surface area contributed by atoms with Gasteiger partial charge in [-0.15, -0.1) is 0 Å². The van der Waals surface area contributed by atoms with Crippen LogP contribution in [0.5, 0.6) is 0 Å². The lowest BCUT2D eigenvalue weighted by Gasteiger charge is -2.36. The van der Waals surface area contributed by atoms with Gasteiger partial charge < -0.3 is 19.6 Å². The zero-order valence-electron chi connectivity index (χ0n) is 35.8. The summed E-state index contributed by atoms with van der Waals surface area (Å²) in [5.41, 5.74) is 2.76. The molecule has 0 aromatic heterocycles. The molecule has 3 aromatic carbocycles. The van der Waals surface area contributed by atoms with Crippen molar-refractivity contribution in [1.82, 2.24) is 14.7 Å². The molecule has 3 aliphatic heterocycles. The minimum atomic E-state index is -3.88. The quantitative estimate of drug-likeness (QED) is 0.118. The lowest BCUT2D eigenvalue weighted by atomic mass is 10.2. The van der Waals surface area contributed by atoms with Gasteiger partial charge in [-0.3, -0.25) is 33.6 Å². The number of anilines is 3. The van der Waals surface area contributed by atoms with E-state index in [4.69, 9.17) is 13.7 Å². The predicted molar refractivity (Wildman–Crippen MR) is 242 cm³/mol. The van der Waals surface area contributed by atoms with E-state index in [0.29, 0.717) is 32.4 Å². The van der Waals surface area contributed by atoms with Gasteiger partial charge in [0, 0.05) is 102 Å². The molecule has 354 valence electrons. The van der Waals surface area contributed by atoms with Crippen molar-refractivity contribution in [2.45, 2.75) is 26.2 Å². The third kappa shape index (κ3) is 21.9. The van der Waals surface area contributed by atoms with Gasteiger partial charge in [-0.1, -0.05) is 19.1 Å². The number of benzene rings is 3. The highest BCUT2D eigenvalue weighted by atomic mass is 32.2. The Morgan fingerprint density at radius 2 is 0.968 bits per heavy atom. The van der Waals surface area contributed by atoms with E-state index in [2.05, 4.69) is 36.4 Å². The maximum atomic E-state index is 13.4. The van der Waals surface area contributed by atoms with Gasteiger partial charge in [0.2, 0.25) is 0 Å². The second kappa shape index (κ2) is 26.0. The zero-order valence-corrected chi connectivity index (χ0v) is 38.2. The maximum absolute atomic E-state index is 13.4. The molecule has 3 aromatic rings. The summed E-state index contributed by atoms with van der Waals surface area (Å²) in [6.45, 7) is 13.3. The number of non-ortho nitro benzene ring substituents is 1. The summed E-state index contributed by atoms with van der Waals surface area (Å²) in [5, 5.41) is 10.6. The van der Waals surface area contributed by atoms with Gasteiger partial charge in [-0.25, -0.2) is 8.78 Å². The Bertz CT molecular complexity index is 2150. The van der Waals surface area contributed by atoms with Crippen molar-refractivity contribution in [3.05, 3.63) is 94.5 Å². The molecule has 0 spiro atoms. The third-order valence-corrected chi connectivity index (χ3v) is 12.8. The summed E-state index contributed by atoms with van der Waals surface area (Å²) in [6, 6.07) is 19.9. The van der Waals surface area contributed by atoms with Gasteiger partial charge in [0.25, 0.3) is 36.0 Å². The average molecular weight is 950 g/mol. The molecular formula is C40H61F2N7O11S3. The topological polar surface area (TPSA) is 226 Å². The standard InChI is InChI=1S/C13H19FN2O3S.C13H19N3O5S.C11H15FN2.C3H8O3S/c14-12-2-4-13(5-3-12)16-9-7-15(8-10-16)6-1-11-20(17,18)19;17-16(18)13-4-2-12(3-5-13)15-9-7-14(8-10-15)6-1-11-22(19,20)21;1-13-6-8-14(9-7-13)11-5-3-2-4-10(11)12;1-2-3-7(4,5)6/h2-5H,1,6-11H2,(H,17,18,19);2-5H,1,6-11H2,(H,19,20,21);2-5H,6-9H2,1H3;2-3H2,1H3,(H,4,5,6). The van der Waals surface area contributed by atoms with Crippen LogP contribution in [0.1, 0.15) is 26.2 Å². The van der Waals surface area contributed by atoms with Crippen molar-refractivity contribution in [1.29, 1.82) is 0 Å². The first kappa shape index (κ1) is 53.3. The van der Waals surface area contributed by atoms with Crippen molar-refractivity contribution < 1.29 is 52.6 Å². The number of hydrogen-bond donors (Lipinski definition) is 3. The largest absolute Gasteiger partial charge is 0.369 e. The summed E-state index contributed by atoms with van der Waals surface area (Å²) in [7, 11) is -9.32. The van der Waals surface area contributed by atoms with Crippen LogP contribution < -0.4 is 14.7 Å². The molecule has 18 nitrogen and oxygen atoms in total. The van der Waals surface area contributed by atoms with Crippen molar-refractivity contribution in [2.24, 2.45) is 0 Å². The fraction of sp³-hybridized carbons (Fsp3) is 0.550. The van der Waals surface area contributed by atoms with Crippen LogP contribution in [0.4, 0.5) is 31.5 Å². The van der Waals surface area contributed by atoms with Gasteiger partial charge in [0.15, 0.2) is 0 Å². The molecule has 0 radical (unpaired) electrons. The van der Waals surface area contributed by atoms with Crippen LogP contribution in [0.2, 0.25) is 0 Å². The molecule has 0 unspecified atom stereocenters. The minimum Gasteiger partial charge on any atom is -0.369 e. The lowest BCUT2D eigenvalue weighted by molar-refractivity contribution is -0.384. The number of rotatable bonds is 14. The van der Waals surface area contributed by atoms with Crippen LogP contribution in [0.25, 0.3) is 0 Å². The molecule has 23 heteroatoms. The lowest BCUT2D eigenvalue weighted by Crippen LogP contribution is -2.46. The van der Waals surface area contributed by atoms with Crippen LogP contribution in [-0.2, 0) is 30.4 Å². The first-order valence-corrected chi connectivity index (χ1v) is 25.4. The first-order chi connectivity index (χ1) is 29.6. The molecule has 0 bridgehead atoms. The Balaban J connectivity index is 0.000000238. The second-order valence-electron chi connectivity index (χ2n) is 15.2. The number of nitro benzene ring substituents is 1. The van der Waals surface area contributed by atoms with E-state index in [1.807, 2.05) is 12.1 Å². The van der Waals surface area contributed by atoms with Crippen LogP contribution in [0.15, 0.2) is 72.8 Å². The number of nitro groups is 1. The van der Waals surface area contributed by atoms with Crippen LogP contribution in [0.3, 0.4) is 0 Å². The summed E-state index contributed by atoms with van der Waals surface area (Å²) in [5.74, 6) is -0.886. The zero-order chi connectivity index (χ0) is 46.6. The monoisotopic (exact) mass is 949 g/mol. The highest BCUT2D eigenvalue weighted by molar-refractivity contribution is 7.86. The second-order valence-corrected chi connectivity index (χ2v) is 19.9.